The molecule has 1 aromatic rings. The van der Waals surface area contributed by atoms with E-state index in [9.17, 15) is 14.9 Å². The van der Waals surface area contributed by atoms with Gasteiger partial charge in [0.2, 0.25) is 0 Å². The van der Waals surface area contributed by atoms with E-state index in [0.717, 1.165) is 37.3 Å². The van der Waals surface area contributed by atoms with Crippen LogP contribution in [-0.4, -0.2) is 53.0 Å². The Morgan fingerprint density at radius 3 is 2.62 bits per heavy atom. The van der Waals surface area contributed by atoms with Crippen molar-refractivity contribution in [2.75, 3.05) is 38.3 Å². The molecule has 0 saturated carbocycles. The molecule has 2 aliphatic heterocycles. The summed E-state index contributed by atoms with van der Waals surface area (Å²) in [6, 6.07) is 2.03. The van der Waals surface area contributed by atoms with Crippen molar-refractivity contribution in [3.05, 3.63) is 31.9 Å². The average Bonchev–Trinajstić information content (AvgIpc) is 3.31. The van der Waals surface area contributed by atoms with Crippen LogP contribution in [0.5, 0.6) is 0 Å². The molecule has 154 valence electrons. The van der Waals surface area contributed by atoms with Crippen LogP contribution in [0, 0.1) is 18.3 Å². The van der Waals surface area contributed by atoms with Gasteiger partial charge in [-0.25, -0.2) is 0 Å². The molecule has 2 aliphatic rings. The third-order valence-electron chi connectivity index (χ3n) is 5.25. The van der Waals surface area contributed by atoms with Crippen molar-refractivity contribution in [1.29, 1.82) is 5.26 Å². The molecule has 0 atom stereocenters. The van der Waals surface area contributed by atoms with Crippen molar-refractivity contribution >= 4 is 46.1 Å². The Morgan fingerprint density at radius 2 is 2.00 bits per heavy atom. The number of amides is 1. The Balaban J connectivity index is 2.07. The van der Waals surface area contributed by atoms with Crippen LogP contribution in [0.15, 0.2) is 9.70 Å². The molecule has 9 heteroatoms. The van der Waals surface area contributed by atoms with Gasteiger partial charge in [-0.15, -0.1) is 0 Å². The zero-order chi connectivity index (χ0) is 21.1. The Labute approximate surface area is 179 Å². The molecule has 2 saturated heterocycles. The lowest BCUT2D eigenvalue weighted by Crippen LogP contribution is -2.31. The van der Waals surface area contributed by atoms with Gasteiger partial charge < -0.3 is 9.64 Å². The molecule has 0 aliphatic carbocycles. The largest absolute Gasteiger partial charge is 0.385 e. The number of ether oxygens (including phenoxy) is 1. The molecular weight excluding hydrogens is 408 g/mol. The number of hydrogen-bond acceptors (Lipinski definition) is 7. The predicted octanol–water partition coefficient (Wildman–Crippen LogP) is 2.40. The van der Waals surface area contributed by atoms with Crippen LogP contribution in [0.4, 0.5) is 5.82 Å². The number of thioether (sulfide) groups is 1. The summed E-state index contributed by atoms with van der Waals surface area (Å²) >= 11 is 6.65. The van der Waals surface area contributed by atoms with Crippen molar-refractivity contribution in [2.24, 2.45) is 7.05 Å². The molecule has 1 aromatic heterocycles. The number of carbonyl (C=O) groups is 1. The third-order valence-corrected chi connectivity index (χ3v) is 6.63. The number of thiocarbonyl (C=S) groups is 1. The number of carbonyl (C=O) groups excluding carboxylic acids is 1. The molecule has 3 heterocycles. The van der Waals surface area contributed by atoms with E-state index >= 15 is 0 Å². The van der Waals surface area contributed by atoms with E-state index < -0.39 is 0 Å². The van der Waals surface area contributed by atoms with Crippen LogP contribution >= 0.6 is 24.0 Å². The molecule has 0 bridgehead atoms. The van der Waals surface area contributed by atoms with E-state index in [1.54, 1.807) is 32.1 Å². The Kier molecular flexibility index (Phi) is 6.77. The van der Waals surface area contributed by atoms with Crippen LogP contribution in [0.1, 0.15) is 36.0 Å². The Bertz CT molecular complexity index is 971. The van der Waals surface area contributed by atoms with Crippen LogP contribution in [-0.2, 0) is 16.6 Å². The summed E-state index contributed by atoms with van der Waals surface area (Å²) in [7, 11) is 3.31. The monoisotopic (exact) mass is 432 g/mol. The lowest BCUT2D eigenvalue weighted by Gasteiger charge is -2.25. The van der Waals surface area contributed by atoms with Gasteiger partial charge in [0.05, 0.1) is 4.91 Å². The van der Waals surface area contributed by atoms with Gasteiger partial charge in [-0.3, -0.25) is 19.1 Å². The van der Waals surface area contributed by atoms with Gasteiger partial charge in [-0.1, -0.05) is 24.0 Å². The highest BCUT2D eigenvalue weighted by atomic mass is 32.2. The molecule has 0 aromatic carbocycles. The van der Waals surface area contributed by atoms with Crippen LogP contribution in [0.25, 0.3) is 6.08 Å². The van der Waals surface area contributed by atoms with E-state index in [4.69, 9.17) is 17.0 Å². The van der Waals surface area contributed by atoms with Gasteiger partial charge in [0.1, 0.15) is 21.8 Å². The van der Waals surface area contributed by atoms with E-state index in [2.05, 4.69) is 4.90 Å². The highest BCUT2D eigenvalue weighted by molar-refractivity contribution is 8.26. The third kappa shape index (κ3) is 4.10. The number of rotatable bonds is 6. The van der Waals surface area contributed by atoms with Crippen molar-refractivity contribution in [1.82, 2.24) is 9.47 Å². The fourth-order valence-corrected chi connectivity index (χ4v) is 5.00. The number of aromatic nitrogens is 1. The van der Waals surface area contributed by atoms with E-state index in [0.29, 0.717) is 34.4 Å². The number of methoxy groups -OCH3 is 1. The molecular formula is C20H24N4O3S2. The van der Waals surface area contributed by atoms with Crippen molar-refractivity contribution < 1.29 is 9.53 Å². The summed E-state index contributed by atoms with van der Waals surface area (Å²) in [5, 5.41) is 9.51. The minimum absolute atomic E-state index is 0.109. The summed E-state index contributed by atoms with van der Waals surface area (Å²) in [6.45, 7) is 4.52. The standard InChI is InChI=1S/C20H24N4O3S2/c1-13-14(11-16-19(26)24(20(28)29-16)9-6-10-27-3)17(23-7-4-5-8-23)22(2)18(25)15(13)12-21/h11H,4-10H2,1-3H3/b16-11+. The first-order valence-electron chi connectivity index (χ1n) is 9.53. The normalized spacial score (nSPS) is 18.2. The Morgan fingerprint density at radius 1 is 1.31 bits per heavy atom. The summed E-state index contributed by atoms with van der Waals surface area (Å²) in [4.78, 5) is 29.9. The Hall–Kier alpha value is -2.15. The molecule has 0 spiro atoms. The van der Waals surface area contributed by atoms with Crippen molar-refractivity contribution in [3.63, 3.8) is 0 Å². The summed E-state index contributed by atoms with van der Waals surface area (Å²) in [5.41, 5.74) is 1.14. The number of hydrogen-bond donors (Lipinski definition) is 0. The molecule has 2 fully saturated rings. The molecule has 29 heavy (non-hydrogen) atoms. The lowest BCUT2D eigenvalue weighted by molar-refractivity contribution is -0.122. The highest BCUT2D eigenvalue weighted by Crippen LogP contribution is 2.36. The maximum Gasteiger partial charge on any atom is 0.270 e. The van der Waals surface area contributed by atoms with Crippen LogP contribution in [0.2, 0.25) is 0 Å². The summed E-state index contributed by atoms with van der Waals surface area (Å²) in [6.07, 6.45) is 4.59. The minimum atomic E-state index is -0.309. The second kappa shape index (κ2) is 9.11. The fourth-order valence-electron chi connectivity index (χ4n) is 3.71. The van der Waals surface area contributed by atoms with Crippen LogP contribution < -0.4 is 10.5 Å². The predicted molar refractivity (Wildman–Crippen MR) is 119 cm³/mol. The maximum atomic E-state index is 12.9. The first kappa shape index (κ1) is 21.6. The quantitative estimate of drug-likeness (QED) is 0.388. The highest BCUT2D eigenvalue weighted by Gasteiger charge is 2.33. The smallest absolute Gasteiger partial charge is 0.270 e. The zero-order valence-electron chi connectivity index (χ0n) is 16.9. The minimum Gasteiger partial charge on any atom is -0.385 e. The van der Waals surface area contributed by atoms with Gasteiger partial charge in [0.15, 0.2) is 0 Å². The number of nitriles is 1. The topological polar surface area (TPSA) is 78.6 Å². The van der Waals surface area contributed by atoms with E-state index in [1.807, 2.05) is 6.07 Å². The number of anilines is 1. The SMILES string of the molecule is COCCCN1C(=O)/C(=C\c2c(C)c(C#N)c(=O)n(C)c2N2CCCC2)SC1=S. The molecule has 3 rings (SSSR count). The van der Waals surface area contributed by atoms with Gasteiger partial charge >= 0.3 is 0 Å². The number of pyridine rings is 1. The second-order valence-electron chi connectivity index (χ2n) is 7.09. The second-order valence-corrected chi connectivity index (χ2v) is 8.76. The zero-order valence-corrected chi connectivity index (χ0v) is 18.5. The molecule has 0 unspecified atom stereocenters. The molecule has 7 nitrogen and oxygen atoms in total. The molecule has 0 radical (unpaired) electrons. The van der Waals surface area contributed by atoms with Gasteiger partial charge in [-0.2, -0.15) is 5.26 Å². The van der Waals surface area contributed by atoms with E-state index in [-0.39, 0.29) is 17.0 Å². The maximum absolute atomic E-state index is 12.9. The fraction of sp³-hybridized carbons (Fsp3) is 0.500. The average molecular weight is 433 g/mol. The number of nitrogens with zero attached hydrogens (tertiary/aromatic N) is 4. The molecule has 0 N–H and O–H groups in total. The first-order chi connectivity index (χ1) is 13.9. The van der Waals surface area contributed by atoms with Crippen molar-refractivity contribution in [2.45, 2.75) is 26.2 Å². The molecule has 1 amide bonds. The van der Waals surface area contributed by atoms with Crippen molar-refractivity contribution in [3.8, 4) is 6.07 Å². The van der Waals surface area contributed by atoms with Gasteiger partial charge in [-0.05, 0) is 37.8 Å². The van der Waals surface area contributed by atoms with Crippen LogP contribution in [0.3, 0.4) is 0 Å². The first-order valence-corrected chi connectivity index (χ1v) is 10.8. The van der Waals surface area contributed by atoms with E-state index in [1.165, 1.54) is 16.3 Å². The van der Waals surface area contributed by atoms with Gasteiger partial charge in [0, 0.05) is 46.0 Å². The summed E-state index contributed by atoms with van der Waals surface area (Å²) < 4.78 is 7.11. The lowest BCUT2D eigenvalue weighted by atomic mass is 10.0. The summed E-state index contributed by atoms with van der Waals surface area (Å²) in [5.74, 6) is 0.615. The van der Waals surface area contributed by atoms with Gasteiger partial charge in [0.25, 0.3) is 11.5 Å².